The predicted molar refractivity (Wildman–Crippen MR) is 88.1 cm³/mol. The minimum atomic E-state index is -0.906. The van der Waals surface area contributed by atoms with Crippen molar-refractivity contribution in [3.8, 4) is 11.4 Å². The summed E-state index contributed by atoms with van der Waals surface area (Å²) in [7, 11) is 0. The first-order chi connectivity index (χ1) is 12.1. The highest BCUT2D eigenvalue weighted by atomic mass is 19.1. The van der Waals surface area contributed by atoms with Crippen LogP contribution in [-0.4, -0.2) is 21.1 Å². The van der Waals surface area contributed by atoms with Gasteiger partial charge in [0.2, 0.25) is 0 Å². The van der Waals surface area contributed by atoms with Crippen LogP contribution in [0.2, 0.25) is 0 Å². The zero-order valence-electron chi connectivity index (χ0n) is 13.1. The molecule has 0 atom stereocenters. The standard InChI is InChI=1S/C18H14F2N4O/c19-13-5-2-6-14(20)15(13)18(25)21-12-4-1-3-11(9-12)17-22-16(23-24-17)10-7-8-10/h1-6,9-10H,7-8H2,(H,21,25)(H,22,23,24). The summed E-state index contributed by atoms with van der Waals surface area (Å²) in [6, 6.07) is 10.1. The van der Waals surface area contributed by atoms with Gasteiger partial charge in [0.25, 0.3) is 5.91 Å². The molecule has 0 aliphatic heterocycles. The molecule has 7 heteroatoms. The van der Waals surface area contributed by atoms with Gasteiger partial charge in [0.1, 0.15) is 23.0 Å². The molecule has 0 bridgehead atoms. The Bertz CT molecular complexity index is 930. The highest BCUT2D eigenvalue weighted by molar-refractivity contribution is 6.04. The van der Waals surface area contributed by atoms with Gasteiger partial charge in [-0.15, -0.1) is 0 Å². The SMILES string of the molecule is O=C(Nc1cccc(-c2n[nH]c(C3CC3)n2)c1)c1c(F)cccc1F. The highest BCUT2D eigenvalue weighted by Gasteiger charge is 2.27. The van der Waals surface area contributed by atoms with Crippen LogP contribution in [0.1, 0.15) is 34.9 Å². The molecule has 0 unspecified atom stereocenters. The molecular formula is C18H14F2N4O. The minimum absolute atomic E-state index is 0.405. The molecule has 0 spiro atoms. The average molecular weight is 340 g/mol. The molecule has 126 valence electrons. The third kappa shape index (κ3) is 3.13. The molecule has 1 saturated carbocycles. The molecule has 1 aliphatic rings. The van der Waals surface area contributed by atoms with Crippen molar-refractivity contribution in [1.29, 1.82) is 0 Å². The molecule has 0 radical (unpaired) electrons. The zero-order valence-corrected chi connectivity index (χ0v) is 13.1. The second-order valence-electron chi connectivity index (χ2n) is 5.95. The lowest BCUT2D eigenvalue weighted by molar-refractivity contribution is 0.101. The monoisotopic (exact) mass is 340 g/mol. The van der Waals surface area contributed by atoms with Crippen LogP contribution in [0.3, 0.4) is 0 Å². The zero-order chi connectivity index (χ0) is 17.4. The molecule has 1 amide bonds. The number of nitrogens with zero attached hydrogens (tertiary/aromatic N) is 2. The summed E-state index contributed by atoms with van der Waals surface area (Å²) in [4.78, 5) is 16.6. The van der Waals surface area contributed by atoms with Gasteiger partial charge in [-0.2, -0.15) is 5.10 Å². The molecular weight excluding hydrogens is 326 g/mol. The Labute approximate surface area is 142 Å². The van der Waals surface area contributed by atoms with Gasteiger partial charge in [0.15, 0.2) is 5.82 Å². The van der Waals surface area contributed by atoms with E-state index in [1.54, 1.807) is 24.3 Å². The lowest BCUT2D eigenvalue weighted by Gasteiger charge is -2.08. The summed E-state index contributed by atoms with van der Waals surface area (Å²) >= 11 is 0. The second kappa shape index (κ2) is 6.08. The average Bonchev–Trinajstić information content (AvgIpc) is 3.32. The normalized spacial score (nSPS) is 13.7. The summed E-state index contributed by atoms with van der Waals surface area (Å²) < 4.78 is 27.4. The van der Waals surface area contributed by atoms with Gasteiger partial charge < -0.3 is 5.32 Å². The molecule has 4 rings (SSSR count). The fraction of sp³-hybridized carbons (Fsp3) is 0.167. The van der Waals surface area contributed by atoms with Gasteiger partial charge in [-0.1, -0.05) is 18.2 Å². The first kappa shape index (κ1) is 15.4. The van der Waals surface area contributed by atoms with E-state index in [2.05, 4.69) is 20.5 Å². The number of benzene rings is 2. The van der Waals surface area contributed by atoms with E-state index < -0.39 is 23.1 Å². The number of hydrogen-bond donors (Lipinski definition) is 2. The molecule has 1 heterocycles. The van der Waals surface area contributed by atoms with Crippen LogP contribution in [0.4, 0.5) is 14.5 Å². The van der Waals surface area contributed by atoms with Gasteiger partial charge in [0, 0.05) is 17.2 Å². The third-order valence-electron chi connectivity index (χ3n) is 4.04. The number of halogens is 2. The van der Waals surface area contributed by atoms with Gasteiger partial charge >= 0.3 is 0 Å². The maximum Gasteiger partial charge on any atom is 0.261 e. The van der Waals surface area contributed by atoms with Crippen molar-refractivity contribution in [3.63, 3.8) is 0 Å². The van der Waals surface area contributed by atoms with Gasteiger partial charge in [-0.3, -0.25) is 9.89 Å². The van der Waals surface area contributed by atoms with E-state index in [1.165, 1.54) is 6.07 Å². The number of aromatic nitrogens is 3. The van der Waals surface area contributed by atoms with Crippen LogP contribution in [0.15, 0.2) is 42.5 Å². The molecule has 25 heavy (non-hydrogen) atoms. The summed E-state index contributed by atoms with van der Waals surface area (Å²) in [5.74, 6) is -0.823. The van der Waals surface area contributed by atoms with Crippen molar-refractivity contribution in [2.24, 2.45) is 0 Å². The number of H-pyrrole nitrogens is 1. The predicted octanol–water partition coefficient (Wildman–Crippen LogP) is 3.88. The lowest BCUT2D eigenvalue weighted by Crippen LogP contribution is -2.15. The maximum atomic E-state index is 13.7. The number of rotatable bonds is 4. The highest BCUT2D eigenvalue weighted by Crippen LogP contribution is 2.38. The van der Waals surface area contributed by atoms with Gasteiger partial charge in [-0.25, -0.2) is 13.8 Å². The molecule has 1 aliphatic carbocycles. The number of hydrogen-bond acceptors (Lipinski definition) is 3. The largest absolute Gasteiger partial charge is 0.322 e. The van der Waals surface area contributed by atoms with E-state index >= 15 is 0 Å². The Morgan fingerprint density at radius 1 is 1.12 bits per heavy atom. The van der Waals surface area contributed by atoms with Crippen LogP contribution >= 0.6 is 0 Å². The number of carbonyl (C=O) groups excluding carboxylic acids is 1. The van der Waals surface area contributed by atoms with Crippen LogP contribution in [0, 0.1) is 11.6 Å². The number of amides is 1. The molecule has 3 aromatic rings. The van der Waals surface area contributed by atoms with E-state index in [1.807, 2.05) is 0 Å². The van der Waals surface area contributed by atoms with Crippen molar-refractivity contribution in [3.05, 3.63) is 65.5 Å². The Morgan fingerprint density at radius 3 is 2.56 bits per heavy atom. The summed E-state index contributed by atoms with van der Waals surface area (Å²) in [5, 5.41) is 9.61. The molecule has 1 aromatic heterocycles. The number of aromatic amines is 1. The van der Waals surface area contributed by atoms with E-state index in [0.29, 0.717) is 23.0 Å². The summed E-state index contributed by atoms with van der Waals surface area (Å²) in [6.07, 6.45) is 2.22. The third-order valence-corrected chi connectivity index (χ3v) is 4.04. The second-order valence-corrected chi connectivity index (χ2v) is 5.95. The summed E-state index contributed by atoms with van der Waals surface area (Å²) in [5.41, 5.74) is 0.500. The van der Waals surface area contributed by atoms with Crippen molar-refractivity contribution >= 4 is 11.6 Å². The smallest absolute Gasteiger partial charge is 0.261 e. The first-order valence-corrected chi connectivity index (χ1v) is 7.90. The quantitative estimate of drug-likeness (QED) is 0.757. The van der Waals surface area contributed by atoms with Crippen LogP contribution in [-0.2, 0) is 0 Å². The molecule has 5 nitrogen and oxygen atoms in total. The Morgan fingerprint density at radius 2 is 1.84 bits per heavy atom. The topological polar surface area (TPSA) is 70.7 Å². The molecule has 1 fully saturated rings. The van der Waals surface area contributed by atoms with Crippen LogP contribution in [0.5, 0.6) is 0 Å². The van der Waals surface area contributed by atoms with E-state index in [9.17, 15) is 13.6 Å². The number of anilines is 1. The Kier molecular flexibility index (Phi) is 3.76. The van der Waals surface area contributed by atoms with E-state index in [-0.39, 0.29) is 0 Å². The fourth-order valence-corrected chi connectivity index (χ4v) is 2.59. The Balaban J connectivity index is 1.57. The minimum Gasteiger partial charge on any atom is -0.322 e. The first-order valence-electron chi connectivity index (χ1n) is 7.90. The van der Waals surface area contributed by atoms with Crippen LogP contribution in [0.25, 0.3) is 11.4 Å². The Hall–Kier alpha value is -3.09. The van der Waals surface area contributed by atoms with E-state index in [0.717, 1.165) is 30.8 Å². The molecule has 2 aromatic carbocycles. The fourth-order valence-electron chi connectivity index (χ4n) is 2.59. The lowest BCUT2D eigenvalue weighted by atomic mass is 10.1. The van der Waals surface area contributed by atoms with Crippen LogP contribution < -0.4 is 5.32 Å². The van der Waals surface area contributed by atoms with Gasteiger partial charge in [-0.05, 0) is 37.1 Å². The van der Waals surface area contributed by atoms with Gasteiger partial charge in [0.05, 0.1) is 0 Å². The van der Waals surface area contributed by atoms with Crippen molar-refractivity contribution in [1.82, 2.24) is 15.2 Å². The van der Waals surface area contributed by atoms with Crippen molar-refractivity contribution in [2.45, 2.75) is 18.8 Å². The van der Waals surface area contributed by atoms with Crippen molar-refractivity contribution < 1.29 is 13.6 Å². The molecule has 0 saturated heterocycles. The van der Waals surface area contributed by atoms with E-state index in [4.69, 9.17) is 0 Å². The summed E-state index contributed by atoms with van der Waals surface area (Å²) in [6.45, 7) is 0. The van der Waals surface area contributed by atoms with Crippen molar-refractivity contribution in [2.75, 3.05) is 5.32 Å². The number of nitrogens with one attached hydrogen (secondary N) is 2. The maximum absolute atomic E-state index is 13.7. The number of carbonyl (C=O) groups is 1. The molecule has 2 N–H and O–H groups in total.